The highest BCUT2D eigenvalue weighted by atomic mass is 79.9. The number of hydrogen-bond acceptors (Lipinski definition) is 2. The van der Waals surface area contributed by atoms with Crippen molar-refractivity contribution in [3.8, 4) is 0 Å². The van der Waals surface area contributed by atoms with E-state index in [1.54, 1.807) is 0 Å². The van der Waals surface area contributed by atoms with Gasteiger partial charge in [0.05, 0.1) is 11.3 Å². The van der Waals surface area contributed by atoms with E-state index in [0.717, 1.165) is 6.07 Å². The maximum Gasteiger partial charge on any atom is 0.417 e. The number of hydrogen-bond donors (Lipinski definition) is 2. The monoisotopic (exact) mass is 368 g/mol. The minimum Gasteiger partial charge on any atom is -0.323 e. The zero-order chi connectivity index (χ0) is 10.9. The fraction of sp³-hybridized carbons (Fsp3) is 0.143. The molecule has 0 radical (unpaired) electrons. The van der Waals surface area contributed by atoms with Crippen molar-refractivity contribution in [2.75, 3.05) is 5.43 Å². The van der Waals surface area contributed by atoms with Crippen molar-refractivity contribution in [3.63, 3.8) is 0 Å². The van der Waals surface area contributed by atoms with Crippen LogP contribution in [0.3, 0.4) is 0 Å². The van der Waals surface area contributed by atoms with E-state index in [4.69, 9.17) is 5.84 Å². The summed E-state index contributed by atoms with van der Waals surface area (Å²) in [5.74, 6) is 5.05. The number of nitrogens with one attached hydrogen (secondary N) is 1. The molecule has 0 saturated carbocycles. The van der Waals surface area contributed by atoms with Crippen molar-refractivity contribution in [1.82, 2.24) is 0 Å². The topological polar surface area (TPSA) is 38.0 Å². The molecule has 1 aromatic rings. The van der Waals surface area contributed by atoms with E-state index >= 15 is 0 Å². The molecule has 0 fully saturated rings. The number of halogens is 6. The van der Waals surface area contributed by atoms with Crippen LogP contribution in [0.2, 0.25) is 0 Å². The van der Waals surface area contributed by atoms with Crippen molar-refractivity contribution in [2.24, 2.45) is 5.84 Å². The number of nitrogen functional groups attached to an aromatic ring is 1. The Morgan fingerprint density at radius 3 is 2.07 bits per heavy atom. The molecule has 8 heteroatoms. The molecule has 3 N–H and O–H groups in total. The fourth-order valence-electron chi connectivity index (χ4n) is 0.877. The summed E-state index contributed by atoms with van der Waals surface area (Å²) in [6.45, 7) is 0. The SMILES string of the molecule is Cl.NNc1cc(C(F)(F)F)c(Br)cc1Br. The Morgan fingerprint density at radius 2 is 1.67 bits per heavy atom. The fourth-order valence-corrected chi connectivity index (χ4v) is 2.21. The predicted octanol–water partition coefficient (Wildman–Crippen LogP) is 3.94. The van der Waals surface area contributed by atoms with Crippen LogP contribution in [0.15, 0.2) is 21.1 Å². The molecule has 0 atom stereocenters. The molecule has 0 aromatic heterocycles. The first kappa shape index (κ1) is 15.0. The molecular weight excluding hydrogens is 364 g/mol. The Labute approximate surface area is 107 Å². The molecule has 15 heavy (non-hydrogen) atoms. The van der Waals surface area contributed by atoms with E-state index in [-0.39, 0.29) is 22.6 Å². The third-order valence-corrected chi connectivity index (χ3v) is 2.83. The highest BCUT2D eigenvalue weighted by Crippen LogP contribution is 2.39. The molecule has 86 valence electrons. The first-order valence-corrected chi connectivity index (χ1v) is 4.97. The van der Waals surface area contributed by atoms with Crippen LogP contribution in [0, 0.1) is 0 Å². The molecule has 1 aromatic carbocycles. The maximum atomic E-state index is 12.4. The molecule has 1 rings (SSSR count). The summed E-state index contributed by atoms with van der Waals surface area (Å²) in [5, 5.41) is 0. The van der Waals surface area contributed by atoms with Gasteiger partial charge in [0.2, 0.25) is 0 Å². The van der Waals surface area contributed by atoms with E-state index in [1.807, 2.05) is 0 Å². The minimum absolute atomic E-state index is 0. The second-order valence-corrected chi connectivity index (χ2v) is 4.16. The molecule has 0 aliphatic carbocycles. The largest absolute Gasteiger partial charge is 0.417 e. The van der Waals surface area contributed by atoms with Gasteiger partial charge in [0, 0.05) is 8.95 Å². The zero-order valence-electron chi connectivity index (χ0n) is 7.03. The van der Waals surface area contributed by atoms with Gasteiger partial charge in [0.1, 0.15) is 0 Å². The zero-order valence-corrected chi connectivity index (χ0v) is 11.0. The normalized spacial score (nSPS) is 10.8. The lowest BCUT2D eigenvalue weighted by Gasteiger charge is -2.12. The average Bonchev–Trinajstić information content (AvgIpc) is 2.02. The standard InChI is InChI=1S/C7H5Br2F3N2.ClH/c8-4-2-5(9)6(14-13)1-3(4)7(10,11)12;/h1-2,14H,13H2;1H. The van der Waals surface area contributed by atoms with Crippen molar-refractivity contribution >= 4 is 50.0 Å². The predicted molar refractivity (Wildman–Crippen MR) is 61.9 cm³/mol. The van der Waals surface area contributed by atoms with Crippen LogP contribution in [-0.4, -0.2) is 0 Å². The summed E-state index contributed by atoms with van der Waals surface area (Å²) in [6, 6.07) is 2.21. The van der Waals surface area contributed by atoms with Crippen LogP contribution in [0.25, 0.3) is 0 Å². The van der Waals surface area contributed by atoms with Crippen LogP contribution < -0.4 is 11.3 Å². The van der Waals surface area contributed by atoms with Gasteiger partial charge >= 0.3 is 6.18 Å². The molecule has 2 nitrogen and oxygen atoms in total. The van der Waals surface area contributed by atoms with E-state index < -0.39 is 11.7 Å². The molecule has 0 heterocycles. The Balaban J connectivity index is 0.00000196. The quantitative estimate of drug-likeness (QED) is 0.581. The van der Waals surface area contributed by atoms with Crippen molar-refractivity contribution in [1.29, 1.82) is 0 Å². The molecule has 0 saturated heterocycles. The molecule has 0 spiro atoms. The summed E-state index contributed by atoms with van der Waals surface area (Å²) in [6.07, 6.45) is -4.40. The number of rotatable bonds is 1. The van der Waals surface area contributed by atoms with Gasteiger partial charge in [-0.1, -0.05) is 15.9 Å². The van der Waals surface area contributed by atoms with E-state index in [2.05, 4.69) is 37.3 Å². The lowest BCUT2D eigenvalue weighted by atomic mass is 10.2. The van der Waals surface area contributed by atoms with Crippen LogP contribution in [0.5, 0.6) is 0 Å². The summed E-state index contributed by atoms with van der Waals surface area (Å²) < 4.78 is 37.6. The maximum absolute atomic E-state index is 12.4. The molecular formula is C7H6Br2ClF3N2. The van der Waals surface area contributed by atoms with Crippen LogP contribution >= 0.6 is 44.3 Å². The Morgan fingerprint density at radius 1 is 1.13 bits per heavy atom. The minimum atomic E-state index is -4.40. The van der Waals surface area contributed by atoms with Crippen molar-refractivity contribution < 1.29 is 13.2 Å². The molecule has 0 bridgehead atoms. The van der Waals surface area contributed by atoms with Gasteiger partial charge in [-0.15, -0.1) is 12.4 Å². The van der Waals surface area contributed by atoms with E-state index in [9.17, 15) is 13.2 Å². The molecule has 0 amide bonds. The third-order valence-electron chi connectivity index (χ3n) is 1.52. The Bertz CT molecular complexity index is 357. The summed E-state index contributed by atoms with van der Waals surface area (Å²) in [5.41, 5.74) is 1.58. The van der Waals surface area contributed by atoms with Crippen LogP contribution in [-0.2, 0) is 6.18 Å². The number of hydrazine groups is 1. The van der Waals surface area contributed by atoms with Gasteiger partial charge < -0.3 is 5.43 Å². The van der Waals surface area contributed by atoms with Gasteiger partial charge in [0.25, 0.3) is 0 Å². The van der Waals surface area contributed by atoms with Gasteiger partial charge in [-0.05, 0) is 28.1 Å². The first-order valence-electron chi connectivity index (χ1n) is 3.39. The lowest BCUT2D eigenvalue weighted by molar-refractivity contribution is -0.138. The highest BCUT2D eigenvalue weighted by Gasteiger charge is 2.33. The molecule has 0 aliphatic heterocycles. The smallest absolute Gasteiger partial charge is 0.323 e. The first-order chi connectivity index (χ1) is 6.36. The van der Waals surface area contributed by atoms with E-state index in [0.29, 0.717) is 4.47 Å². The summed E-state index contributed by atoms with van der Waals surface area (Å²) >= 11 is 5.90. The van der Waals surface area contributed by atoms with E-state index in [1.165, 1.54) is 6.07 Å². The van der Waals surface area contributed by atoms with Crippen molar-refractivity contribution in [2.45, 2.75) is 6.18 Å². The second-order valence-electron chi connectivity index (χ2n) is 2.45. The van der Waals surface area contributed by atoms with Crippen molar-refractivity contribution in [3.05, 3.63) is 26.6 Å². The average molecular weight is 370 g/mol. The molecule has 0 unspecified atom stereocenters. The highest BCUT2D eigenvalue weighted by molar-refractivity contribution is 9.11. The van der Waals surface area contributed by atoms with Gasteiger partial charge in [0.15, 0.2) is 0 Å². The van der Waals surface area contributed by atoms with Gasteiger partial charge in [-0.25, -0.2) is 0 Å². The summed E-state index contributed by atoms with van der Waals surface area (Å²) in [4.78, 5) is 0. The lowest BCUT2D eigenvalue weighted by Crippen LogP contribution is -2.11. The number of alkyl halides is 3. The van der Waals surface area contributed by atoms with Crippen LogP contribution in [0.4, 0.5) is 18.9 Å². The van der Waals surface area contributed by atoms with Gasteiger partial charge in [-0.2, -0.15) is 13.2 Å². The number of anilines is 1. The third kappa shape index (κ3) is 3.51. The van der Waals surface area contributed by atoms with Gasteiger partial charge in [-0.3, -0.25) is 5.84 Å². The number of benzene rings is 1. The summed E-state index contributed by atoms with van der Waals surface area (Å²) in [7, 11) is 0. The second kappa shape index (κ2) is 5.38. The Hall–Kier alpha value is 0.0200. The molecule has 0 aliphatic rings. The number of nitrogens with two attached hydrogens (primary N) is 1. The van der Waals surface area contributed by atoms with Crippen LogP contribution in [0.1, 0.15) is 5.56 Å². The Kier molecular flexibility index (Phi) is 5.39.